The fraction of sp³-hybridized carbons (Fsp3) is 0.269. The van der Waals surface area contributed by atoms with Gasteiger partial charge in [0.2, 0.25) is 0 Å². The molecule has 7 nitrogen and oxygen atoms in total. The van der Waals surface area contributed by atoms with Crippen LogP contribution in [-0.2, 0) is 6.54 Å². The van der Waals surface area contributed by atoms with Gasteiger partial charge in [0.25, 0.3) is 11.8 Å². The summed E-state index contributed by atoms with van der Waals surface area (Å²) in [6, 6.07) is 16.8. The lowest BCUT2D eigenvalue weighted by atomic mass is 10.1. The van der Waals surface area contributed by atoms with Crippen molar-refractivity contribution in [2.24, 2.45) is 0 Å². The van der Waals surface area contributed by atoms with Crippen LogP contribution in [0.1, 0.15) is 33.2 Å². The molecule has 3 aromatic rings. The number of hydrogen-bond donors (Lipinski definition) is 2. The molecule has 4 rings (SSSR count). The number of rotatable bonds is 7. The first kappa shape index (κ1) is 23.4. The Morgan fingerprint density at radius 2 is 1.79 bits per heavy atom. The molecule has 0 saturated carbocycles. The highest BCUT2D eigenvalue weighted by Crippen LogP contribution is 2.25. The Kier molecular flexibility index (Phi) is 7.49. The molecule has 34 heavy (non-hydrogen) atoms. The van der Waals surface area contributed by atoms with E-state index in [0.717, 1.165) is 31.7 Å². The Hall–Kier alpha value is -3.78. The molecule has 0 unspecified atom stereocenters. The molecule has 1 aliphatic heterocycles. The van der Waals surface area contributed by atoms with Crippen LogP contribution < -0.4 is 15.5 Å². The Bertz CT molecular complexity index is 1130. The molecule has 176 valence electrons. The molecule has 1 aliphatic rings. The molecule has 1 saturated heterocycles. The van der Waals surface area contributed by atoms with E-state index in [2.05, 4.69) is 20.5 Å². The number of benzene rings is 2. The Balaban J connectivity index is 1.63. The third kappa shape index (κ3) is 5.58. The molecule has 0 radical (unpaired) electrons. The summed E-state index contributed by atoms with van der Waals surface area (Å²) < 4.78 is 13.2. The summed E-state index contributed by atoms with van der Waals surface area (Å²) in [5.74, 6) is -0.348. The Labute approximate surface area is 198 Å². The fourth-order valence-corrected chi connectivity index (χ4v) is 3.92. The maximum atomic E-state index is 13.7. The highest BCUT2D eigenvalue weighted by Gasteiger charge is 2.24. The van der Waals surface area contributed by atoms with E-state index in [1.807, 2.05) is 37.3 Å². The average molecular weight is 462 g/mol. The standard InChI is InChI=1S/C26H28FN5O2/c1-2-31(18-19-6-4-3-5-7-19)26(34)23-16-22(17-29-24(23)32-14-12-28-13-15-32)30-25(33)20-8-10-21(27)11-9-20/h3-11,16-17,28H,2,12-15,18H2,1H3,(H,30,33). The number of carbonyl (C=O) groups is 2. The summed E-state index contributed by atoms with van der Waals surface area (Å²) in [5.41, 5.74) is 2.21. The van der Waals surface area contributed by atoms with Crippen molar-refractivity contribution in [1.29, 1.82) is 0 Å². The number of carbonyl (C=O) groups excluding carboxylic acids is 2. The van der Waals surface area contributed by atoms with E-state index in [0.29, 0.717) is 35.7 Å². The number of amides is 2. The minimum atomic E-state index is -0.412. The first-order valence-corrected chi connectivity index (χ1v) is 11.4. The van der Waals surface area contributed by atoms with Crippen molar-refractivity contribution in [1.82, 2.24) is 15.2 Å². The van der Waals surface area contributed by atoms with E-state index in [4.69, 9.17) is 0 Å². The highest BCUT2D eigenvalue weighted by atomic mass is 19.1. The molecule has 2 N–H and O–H groups in total. The van der Waals surface area contributed by atoms with Gasteiger partial charge in [-0.3, -0.25) is 9.59 Å². The average Bonchev–Trinajstić information content (AvgIpc) is 2.88. The van der Waals surface area contributed by atoms with Crippen molar-refractivity contribution in [3.63, 3.8) is 0 Å². The molecular formula is C26H28FN5O2. The zero-order valence-corrected chi connectivity index (χ0v) is 19.1. The molecule has 1 fully saturated rings. The number of nitrogens with zero attached hydrogens (tertiary/aromatic N) is 3. The summed E-state index contributed by atoms with van der Waals surface area (Å²) in [6.07, 6.45) is 1.56. The minimum Gasteiger partial charge on any atom is -0.353 e. The van der Waals surface area contributed by atoms with E-state index >= 15 is 0 Å². The van der Waals surface area contributed by atoms with E-state index in [-0.39, 0.29) is 5.91 Å². The van der Waals surface area contributed by atoms with Gasteiger partial charge in [0.05, 0.1) is 17.4 Å². The zero-order chi connectivity index (χ0) is 23.9. The Morgan fingerprint density at radius 1 is 1.09 bits per heavy atom. The first-order valence-electron chi connectivity index (χ1n) is 11.4. The summed E-state index contributed by atoms with van der Waals surface area (Å²) in [5, 5.41) is 6.10. The van der Waals surface area contributed by atoms with Crippen LogP contribution in [0.2, 0.25) is 0 Å². The number of piperazine rings is 1. The van der Waals surface area contributed by atoms with Gasteiger partial charge in [-0.2, -0.15) is 0 Å². The lowest BCUT2D eigenvalue weighted by Gasteiger charge is -2.31. The molecular weight excluding hydrogens is 433 g/mol. The van der Waals surface area contributed by atoms with Gasteiger partial charge in [-0.1, -0.05) is 30.3 Å². The predicted octanol–water partition coefficient (Wildman–Crippen LogP) is 3.54. The van der Waals surface area contributed by atoms with Gasteiger partial charge in [0.15, 0.2) is 0 Å². The normalized spacial score (nSPS) is 13.4. The Morgan fingerprint density at radius 3 is 2.47 bits per heavy atom. The maximum Gasteiger partial charge on any atom is 0.257 e. The van der Waals surface area contributed by atoms with Crippen LogP contribution in [0.3, 0.4) is 0 Å². The molecule has 2 heterocycles. The van der Waals surface area contributed by atoms with Gasteiger partial charge in [-0.05, 0) is 42.8 Å². The summed E-state index contributed by atoms with van der Waals surface area (Å²) >= 11 is 0. The van der Waals surface area contributed by atoms with E-state index in [1.54, 1.807) is 17.2 Å². The van der Waals surface area contributed by atoms with Crippen molar-refractivity contribution >= 4 is 23.3 Å². The number of anilines is 2. The van der Waals surface area contributed by atoms with Crippen LogP contribution in [0.25, 0.3) is 0 Å². The third-order valence-electron chi connectivity index (χ3n) is 5.76. The largest absolute Gasteiger partial charge is 0.353 e. The smallest absolute Gasteiger partial charge is 0.257 e. The second-order valence-electron chi connectivity index (χ2n) is 8.10. The van der Waals surface area contributed by atoms with E-state index < -0.39 is 11.7 Å². The number of hydrogen-bond acceptors (Lipinski definition) is 5. The van der Waals surface area contributed by atoms with Crippen molar-refractivity contribution in [3.8, 4) is 0 Å². The van der Waals surface area contributed by atoms with Crippen molar-refractivity contribution in [2.75, 3.05) is 42.9 Å². The van der Waals surface area contributed by atoms with Crippen LogP contribution in [0.4, 0.5) is 15.9 Å². The second kappa shape index (κ2) is 10.9. The van der Waals surface area contributed by atoms with Gasteiger partial charge in [0.1, 0.15) is 11.6 Å². The molecule has 2 aromatic carbocycles. The number of nitrogens with one attached hydrogen (secondary N) is 2. The van der Waals surface area contributed by atoms with E-state index in [1.165, 1.54) is 24.3 Å². The number of aromatic nitrogens is 1. The van der Waals surface area contributed by atoms with Crippen molar-refractivity contribution in [2.45, 2.75) is 13.5 Å². The fourth-order valence-electron chi connectivity index (χ4n) is 3.92. The molecule has 0 atom stereocenters. The lowest BCUT2D eigenvalue weighted by Crippen LogP contribution is -2.45. The van der Waals surface area contributed by atoms with Crippen molar-refractivity contribution < 1.29 is 14.0 Å². The summed E-state index contributed by atoms with van der Waals surface area (Å²) in [4.78, 5) is 34.8. The van der Waals surface area contributed by atoms with Crippen LogP contribution in [0.5, 0.6) is 0 Å². The quantitative estimate of drug-likeness (QED) is 0.563. The monoisotopic (exact) mass is 461 g/mol. The molecule has 0 aliphatic carbocycles. The molecule has 1 aromatic heterocycles. The van der Waals surface area contributed by atoms with Crippen molar-refractivity contribution in [3.05, 3.63) is 89.4 Å². The highest BCUT2D eigenvalue weighted by molar-refractivity contribution is 6.05. The SMILES string of the molecule is CCN(Cc1ccccc1)C(=O)c1cc(NC(=O)c2ccc(F)cc2)cnc1N1CCNCC1. The van der Waals surface area contributed by atoms with Gasteiger partial charge >= 0.3 is 0 Å². The first-order chi connectivity index (χ1) is 16.5. The predicted molar refractivity (Wildman–Crippen MR) is 131 cm³/mol. The lowest BCUT2D eigenvalue weighted by molar-refractivity contribution is 0.0752. The van der Waals surface area contributed by atoms with Gasteiger partial charge in [-0.25, -0.2) is 9.37 Å². The molecule has 2 amide bonds. The second-order valence-corrected chi connectivity index (χ2v) is 8.10. The molecule has 8 heteroatoms. The number of pyridine rings is 1. The topological polar surface area (TPSA) is 77.6 Å². The maximum absolute atomic E-state index is 13.7. The number of halogens is 1. The van der Waals surface area contributed by atoms with Crippen LogP contribution in [0, 0.1) is 5.82 Å². The van der Waals surface area contributed by atoms with E-state index in [9.17, 15) is 14.0 Å². The van der Waals surface area contributed by atoms with Gasteiger partial charge in [-0.15, -0.1) is 0 Å². The molecule has 0 spiro atoms. The summed E-state index contributed by atoms with van der Waals surface area (Å²) in [7, 11) is 0. The van der Waals surface area contributed by atoms with Crippen LogP contribution in [-0.4, -0.2) is 54.4 Å². The van der Waals surface area contributed by atoms with Gasteiger partial charge < -0.3 is 20.4 Å². The van der Waals surface area contributed by atoms with Gasteiger partial charge in [0, 0.05) is 44.8 Å². The third-order valence-corrected chi connectivity index (χ3v) is 5.76. The zero-order valence-electron chi connectivity index (χ0n) is 19.1. The minimum absolute atomic E-state index is 0.148. The van der Waals surface area contributed by atoms with Crippen LogP contribution in [0.15, 0.2) is 66.9 Å². The van der Waals surface area contributed by atoms with Crippen LogP contribution >= 0.6 is 0 Å². The molecule has 0 bridgehead atoms. The summed E-state index contributed by atoms with van der Waals surface area (Å²) in [6.45, 7) is 6.03.